The Balaban J connectivity index is 2.43. The highest BCUT2D eigenvalue weighted by Crippen LogP contribution is 2.22. The van der Waals surface area contributed by atoms with Crippen molar-refractivity contribution in [2.75, 3.05) is 20.3 Å². The molecule has 0 radical (unpaired) electrons. The summed E-state index contributed by atoms with van der Waals surface area (Å²) in [5, 5.41) is 8.54. The van der Waals surface area contributed by atoms with Crippen LogP contribution in [0.3, 0.4) is 0 Å². The van der Waals surface area contributed by atoms with Crippen molar-refractivity contribution < 1.29 is 14.6 Å². The van der Waals surface area contributed by atoms with Crippen molar-refractivity contribution in [3.8, 4) is 11.5 Å². The molecule has 0 saturated carbocycles. The molecule has 0 heterocycles. The highest BCUT2D eigenvalue weighted by molar-refractivity contribution is 5.39. The van der Waals surface area contributed by atoms with Crippen molar-refractivity contribution >= 4 is 0 Å². The molecule has 0 aliphatic carbocycles. The van der Waals surface area contributed by atoms with Gasteiger partial charge < -0.3 is 14.6 Å². The van der Waals surface area contributed by atoms with Crippen LogP contribution in [0.2, 0.25) is 0 Å². The maximum Gasteiger partial charge on any atom is 0.122 e. The molecule has 1 rings (SSSR count). The number of aryl methyl sites for hydroxylation is 1. The summed E-state index contributed by atoms with van der Waals surface area (Å²) in [6, 6.07) is 5.74. The van der Waals surface area contributed by atoms with Gasteiger partial charge in [0.1, 0.15) is 11.5 Å². The molecule has 88 valence electrons. The molecule has 0 unspecified atom stereocenters. The lowest BCUT2D eigenvalue weighted by Crippen LogP contribution is -1.96. The van der Waals surface area contributed by atoms with Crippen LogP contribution in [0, 0.1) is 6.92 Å². The Labute approximate surface area is 96.3 Å². The van der Waals surface area contributed by atoms with Crippen LogP contribution in [-0.2, 0) is 0 Å². The number of benzene rings is 1. The minimum absolute atomic E-state index is 0.0850. The standard InChI is InChI=1S/C13H18O3/c1-11-10-12(6-7-13(11)15-2)16-9-5-3-4-8-14/h3-4,6-7,10,14H,5,8-9H2,1-2H3/b4-3+. The van der Waals surface area contributed by atoms with Gasteiger partial charge in [-0.15, -0.1) is 0 Å². The van der Waals surface area contributed by atoms with Crippen molar-refractivity contribution in [2.24, 2.45) is 0 Å². The first-order valence-electron chi connectivity index (χ1n) is 5.31. The molecular formula is C13H18O3. The van der Waals surface area contributed by atoms with Gasteiger partial charge in [-0.05, 0) is 37.1 Å². The van der Waals surface area contributed by atoms with Gasteiger partial charge in [0, 0.05) is 0 Å². The summed E-state index contributed by atoms with van der Waals surface area (Å²) in [6.45, 7) is 2.68. The third-order valence-electron chi connectivity index (χ3n) is 2.19. The van der Waals surface area contributed by atoms with Crippen molar-refractivity contribution in [1.29, 1.82) is 0 Å². The van der Waals surface area contributed by atoms with Crippen molar-refractivity contribution in [3.05, 3.63) is 35.9 Å². The maximum absolute atomic E-state index is 8.54. The summed E-state index contributed by atoms with van der Waals surface area (Å²) in [7, 11) is 1.66. The van der Waals surface area contributed by atoms with E-state index in [1.165, 1.54) is 0 Å². The number of aliphatic hydroxyl groups excluding tert-OH is 1. The number of hydrogen-bond donors (Lipinski definition) is 1. The SMILES string of the molecule is COc1ccc(OCC/C=C/CO)cc1C. The molecule has 3 nitrogen and oxygen atoms in total. The molecule has 0 saturated heterocycles. The van der Waals surface area contributed by atoms with Crippen LogP contribution < -0.4 is 9.47 Å². The van der Waals surface area contributed by atoms with E-state index in [4.69, 9.17) is 14.6 Å². The van der Waals surface area contributed by atoms with E-state index in [0.29, 0.717) is 6.61 Å². The summed E-state index contributed by atoms with van der Waals surface area (Å²) in [4.78, 5) is 0. The van der Waals surface area contributed by atoms with Gasteiger partial charge >= 0.3 is 0 Å². The Morgan fingerprint density at radius 1 is 1.31 bits per heavy atom. The fourth-order valence-corrected chi connectivity index (χ4v) is 1.38. The first-order valence-corrected chi connectivity index (χ1v) is 5.31. The van der Waals surface area contributed by atoms with Gasteiger partial charge in [0.05, 0.1) is 20.3 Å². The molecule has 0 amide bonds. The summed E-state index contributed by atoms with van der Waals surface area (Å²) < 4.78 is 10.7. The molecule has 0 aliphatic rings. The highest BCUT2D eigenvalue weighted by atomic mass is 16.5. The fraction of sp³-hybridized carbons (Fsp3) is 0.385. The zero-order chi connectivity index (χ0) is 11.8. The summed E-state index contributed by atoms with van der Waals surface area (Å²) in [5.74, 6) is 1.71. The van der Waals surface area contributed by atoms with Crippen molar-refractivity contribution in [1.82, 2.24) is 0 Å². The number of hydrogen-bond acceptors (Lipinski definition) is 3. The molecule has 0 aromatic heterocycles. The molecule has 0 spiro atoms. The first kappa shape index (κ1) is 12.6. The second-order valence-electron chi connectivity index (χ2n) is 3.42. The van der Waals surface area contributed by atoms with Gasteiger partial charge in [0.2, 0.25) is 0 Å². The van der Waals surface area contributed by atoms with E-state index in [9.17, 15) is 0 Å². The normalized spacial score (nSPS) is 10.7. The fourth-order valence-electron chi connectivity index (χ4n) is 1.38. The monoisotopic (exact) mass is 222 g/mol. The van der Waals surface area contributed by atoms with Gasteiger partial charge in [-0.2, -0.15) is 0 Å². The molecule has 1 aromatic carbocycles. The van der Waals surface area contributed by atoms with Gasteiger partial charge in [-0.1, -0.05) is 12.2 Å². The minimum Gasteiger partial charge on any atom is -0.496 e. The van der Waals surface area contributed by atoms with Crippen LogP contribution in [0.5, 0.6) is 11.5 Å². The zero-order valence-corrected chi connectivity index (χ0v) is 9.77. The third kappa shape index (κ3) is 3.95. The first-order chi connectivity index (χ1) is 7.77. The average Bonchev–Trinajstić information content (AvgIpc) is 2.29. The summed E-state index contributed by atoms with van der Waals surface area (Å²) in [6.07, 6.45) is 4.41. The molecule has 0 atom stereocenters. The lowest BCUT2D eigenvalue weighted by atomic mass is 10.2. The number of methoxy groups -OCH3 is 1. The van der Waals surface area contributed by atoms with Crippen molar-refractivity contribution in [3.63, 3.8) is 0 Å². The molecule has 16 heavy (non-hydrogen) atoms. The van der Waals surface area contributed by atoms with Crippen molar-refractivity contribution in [2.45, 2.75) is 13.3 Å². The number of ether oxygens (including phenoxy) is 2. The average molecular weight is 222 g/mol. The Morgan fingerprint density at radius 2 is 2.12 bits per heavy atom. The predicted octanol–water partition coefficient (Wildman–Crippen LogP) is 2.32. The van der Waals surface area contributed by atoms with Gasteiger partial charge in [0.15, 0.2) is 0 Å². The van der Waals surface area contributed by atoms with E-state index < -0.39 is 0 Å². The Bertz CT molecular complexity index is 345. The van der Waals surface area contributed by atoms with Crippen LogP contribution in [0.25, 0.3) is 0 Å². The van der Waals surface area contributed by atoms with Crippen LogP contribution >= 0.6 is 0 Å². The van der Waals surface area contributed by atoms with E-state index in [-0.39, 0.29) is 6.61 Å². The Hall–Kier alpha value is -1.48. The lowest BCUT2D eigenvalue weighted by molar-refractivity contribution is 0.321. The van der Waals surface area contributed by atoms with Gasteiger partial charge in [-0.25, -0.2) is 0 Å². The molecule has 3 heteroatoms. The lowest BCUT2D eigenvalue weighted by Gasteiger charge is -2.08. The van der Waals surface area contributed by atoms with E-state index in [1.54, 1.807) is 13.2 Å². The molecule has 0 bridgehead atoms. The third-order valence-corrected chi connectivity index (χ3v) is 2.19. The molecule has 1 aromatic rings. The molecule has 1 N–H and O–H groups in total. The molecule has 0 aliphatic heterocycles. The van der Waals surface area contributed by atoms with E-state index in [0.717, 1.165) is 23.5 Å². The minimum atomic E-state index is 0.0850. The topological polar surface area (TPSA) is 38.7 Å². The van der Waals surface area contributed by atoms with Gasteiger partial charge in [0.25, 0.3) is 0 Å². The van der Waals surface area contributed by atoms with Crippen LogP contribution in [-0.4, -0.2) is 25.4 Å². The van der Waals surface area contributed by atoms with E-state index in [2.05, 4.69) is 0 Å². The number of aliphatic hydroxyl groups is 1. The summed E-state index contributed by atoms with van der Waals surface area (Å²) in [5.41, 5.74) is 1.06. The quantitative estimate of drug-likeness (QED) is 0.593. The van der Waals surface area contributed by atoms with Crippen LogP contribution in [0.15, 0.2) is 30.4 Å². The Kier molecular flexibility index (Phi) is 5.43. The van der Waals surface area contributed by atoms with Gasteiger partial charge in [-0.3, -0.25) is 0 Å². The predicted molar refractivity (Wildman–Crippen MR) is 64.1 cm³/mol. The molecular weight excluding hydrogens is 204 g/mol. The molecule has 0 fully saturated rings. The second-order valence-corrected chi connectivity index (χ2v) is 3.42. The van der Waals surface area contributed by atoms with Crippen LogP contribution in [0.4, 0.5) is 0 Å². The largest absolute Gasteiger partial charge is 0.496 e. The smallest absolute Gasteiger partial charge is 0.122 e. The van der Waals surface area contributed by atoms with E-state index in [1.807, 2.05) is 31.2 Å². The highest BCUT2D eigenvalue weighted by Gasteiger charge is 1.99. The zero-order valence-electron chi connectivity index (χ0n) is 9.77. The van der Waals surface area contributed by atoms with E-state index >= 15 is 0 Å². The number of rotatable bonds is 6. The van der Waals surface area contributed by atoms with Crippen LogP contribution in [0.1, 0.15) is 12.0 Å². The summed E-state index contributed by atoms with van der Waals surface area (Å²) >= 11 is 0. The Morgan fingerprint density at radius 3 is 2.75 bits per heavy atom. The maximum atomic E-state index is 8.54. The second kappa shape index (κ2) is 6.90.